The van der Waals surface area contributed by atoms with E-state index in [2.05, 4.69) is 0 Å². The van der Waals surface area contributed by atoms with Gasteiger partial charge in [-0.2, -0.15) is 13.2 Å². The lowest BCUT2D eigenvalue weighted by molar-refractivity contribution is -0.137. The lowest BCUT2D eigenvalue weighted by Crippen LogP contribution is -2.49. The Morgan fingerprint density at radius 1 is 1.44 bits per heavy atom. The van der Waals surface area contributed by atoms with Gasteiger partial charge in [0, 0.05) is 24.9 Å². The summed E-state index contributed by atoms with van der Waals surface area (Å²) in [6.07, 6.45) is -4.68. The third-order valence-electron chi connectivity index (χ3n) is 2.71. The summed E-state index contributed by atoms with van der Waals surface area (Å²) in [5.41, 5.74) is 0. The monoisotopic (exact) mass is 259 g/mol. The van der Waals surface area contributed by atoms with Crippen LogP contribution in [0.25, 0.3) is 0 Å². The fourth-order valence-electron chi connectivity index (χ4n) is 1.76. The fraction of sp³-hybridized carbons (Fsp3) is 1.00. The first-order valence-electron chi connectivity index (χ1n) is 5.40. The molecule has 96 valence electrons. The molecule has 0 saturated carbocycles. The van der Waals surface area contributed by atoms with Crippen LogP contribution in [0.1, 0.15) is 19.8 Å². The minimum Gasteiger partial charge on any atom is -0.374 e. The third-order valence-corrected chi connectivity index (χ3v) is 3.06. The van der Waals surface area contributed by atoms with Crippen LogP contribution in [0.4, 0.5) is 13.2 Å². The fourth-order valence-corrected chi connectivity index (χ4v) is 1.95. The van der Waals surface area contributed by atoms with Crippen LogP contribution in [-0.2, 0) is 4.74 Å². The van der Waals surface area contributed by atoms with E-state index in [-0.39, 0.29) is 18.6 Å². The highest BCUT2D eigenvalue weighted by molar-refractivity contribution is 6.18. The molecule has 0 spiro atoms. The average Bonchev–Trinajstić information content (AvgIpc) is 2.19. The average molecular weight is 260 g/mol. The zero-order valence-electron chi connectivity index (χ0n) is 9.26. The molecule has 1 rings (SSSR count). The van der Waals surface area contributed by atoms with E-state index in [4.69, 9.17) is 16.3 Å². The summed E-state index contributed by atoms with van der Waals surface area (Å²) in [6, 6.07) is 0.174. The number of nitrogens with zero attached hydrogens (tertiary/aromatic N) is 1. The van der Waals surface area contributed by atoms with Crippen LogP contribution in [0, 0.1) is 0 Å². The van der Waals surface area contributed by atoms with Crippen molar-refractivity contribution in [1.29, 1.82) is 0 Å². The molecule has 0 radical (unpaired) electrons. The second kappa shape index (κ2) is 6.07. The van der Waals surface area contributed by atoms with Crippen LogP contribution in [0.3, 0.4) is 0 Å². The Labute approximate surface area is 98.7 Å². The zero-order valence-corrected chi connectivity index (χ0v) is 10.0. The number of hydrogen-bond acceptors (Lipinski definition) is 2. The van der Waals surface area contributed by atoms with Crippen molar-refractivity contribution in [1.82, 2.24) is 4.90 Å². The second-order valence-electron chi connectivity index (χ2n) is 4.17. The summed E-state index contributed by atoms with van der Waals surface area (Å²) in [5, 5.41) is 0. The van der Waals surface area contributed by atoms with Crippen LogP contribution in [-0.4, -0.2) is 48.8 Å². The quantitative estimate of drug-likeness (QED) is 0.720. The van der Waals surface area contributed by atoms with Crippen LogP contribution in [0.2, 0.25) is 0 Å². The van der Waals surface area contributed by atoms with Gasteiger partial charge in [-0.25, -0.2) is 0 Å². The van der Waals surface area contributed by atoms with E-state index < -0.39 is 12.6 Å². The maximum absolute atomic E-state index is 12.0. The van der Waals surface area contributed by atoms with Gasteiger partial charge in [0.2, 0.25) is 0 Å². The summed E-state index contributed by atoms with van der Waals surface area (Å²) in [5.74, 6) is 0.391. The first-order chi connectivity index (χ1) is 7.42. The number of hydrogen-bond donors (Lipinski definition) is 0. The summed E-state index contributed by atoms with van der Waals surface area (Å²) in [4.78, 5) is 2.02. The van der Waals surface area contributed by atoms with E-state index in [1.54, 1.807) is 0 Å². The van der Waals surface area contributed by atoms with Crippen molar-refractivity contribution in [3.8, 4) is 0 Å². The number of morpholine rings is 1. The lowest BCUT2D eigenvalue weighted by atomic mass is 10.2. The molecule has 0 bridgehead atoms. The molecule has 1 fully saturated rings. The maximum atomic E-state index is 12.0. The Hall–Kier alpha value is -0.0000000000000000555. The molecule has 0 aliphatic carbocycles. The predicted octanol–water partition coefficient (Wildman–Crippen LogP) is 2.66. The highest BCUT2D eigenvalue weighted by atomic mass is 35.5. The predicted molar refractivity (Wildman–Crippen MR) is 56.8 cm³/mol. The minimum absolute atomic E-state index is 0.0521. The van der Waals surface area contributed by atoms with E-state index in [9.17, 15) is 13.2 Å². The van der Waals surface area contributed by atoms with Crippen molar-refractivity contribution in [2.24, 2.45) is 0 Å². The molecular formula is C10H17ClF3NO. The molecule has 6 heteroatoms. The topological polar surface area (TPSA) is 12.5 Å². The molecular weight excluding hydrogens is 243 g/mol. The minimum atomic E-state index is -4.05. The molecule has 0 amide bonds. The molecule has 0 N–H and O–H groups in total. The molecule has 2 unspecified atom stereocenters. The first kappa shape index (κ1) is 14.1. The number of halogens is 4. The van der Waals surface area contributed by atoms with Crippen molar-refractivity contribution in [2.45, 2.75) is 38.1 Å². The van der Waals surface area contributed by atoms with Crippen LogP contribution in [0.5, 0.6) is 0 Å². The first-order valence-corrected chi connectivity index (χ1v) is 5.94. The molecule has 1 saturated heterocycles. The highest BCUT2D eigenvalue weighted by Crippen LogP contribution is 2.22. The van der Waals surface area contributed by atoms with Crippen LogP contribution < -0.4 is 0 Å². The van der Waals surface area contributed by atoms with Crippen LogP contribution >= 0.6 is 11.6 Å². The van der Waals surface area contributed by atoms with E-state index in [0.717, 1.165) is 0 Å². The van der Waals surface area contributed by atoms with Crippen molar-refractivity contribution >= 4 is 11.6 Å². The van der Waals surface area contributed by atoms with Crippen molar-refractivity contribution in [3.63, 3.8) is 0 Å². The second-order valence-corrected chi connectivity index (χ2v) is 4.48. The van der Waals surface area contributed by atoms with E-state index in [0.29, 0.717) is 25.6 Å². The maximum Gasteiger partial charge on any atom is 0.389 e. The van der Waals surface area contributed by atoms with Crippen molar-refractivity contribution < 1.29 is 17.9 Å². The molecule has 0 aromatic carbocycles. The van der Waals surface area contributed by atoms with E-state index >= 15 is 0 Å². The molecule has 0 aromatic heterocycles. The van der Waals surface area contributed by atoms with Gasteiger partial charge in [-0.05, 0) is 19.9 Å². The number of rotatable bonds is 4. The summed E-state index contributed by atoms with van der Waals surface area (Å²) in [7, 11) is 0. The standard InChI is InChI=1S/C10H17ClF3NO/c1-8-7-16-9(5-11)6-15(8)4-2-3-10(12,13)14/h8-9H,2-7H2,1H3. The Morgan fingerprint density at radius 3 is 2.69 bits per heavy atom. The molecule has 1 aliphatic rings. The van der Waals surface area contributed by atoms with Gasteiger partial charge in [0.25, 0.3) is 0 Å². The van der Waals surface area contributed by atoms with Gasteiger partial charge in [0.05, 0.1) is 12.7 Å². The Kier molecular flexibility index (Phi) is 5.34. The molecule has 0 aromatic rings. The van der Waals surface area contributed by atoms with E-state index in [1.807, 2.05) is 11.8 Å². The van der Waals surface area contributed by atoms with Gasteiger partial charge in [-0.15, -0.1) is 11.6 Å². The number of ether oxygens (including phenoxy) is 1. The van der Waals surface area contributed by atoms with Gasteiger partial charge in [-0.3, -0.25) is 4.90 Å². The lowest BCUT2D eigenvalue weighted by Gasteiger charge is -2.37. The summed E-state index contributed by atoms with van der Waals surface area (Å²) < 4.78 is 41.4. The Morgan fingerprint density at radius 2 is 2.12 bits per heavy atom. The smallest absolute Gasteiger partial charge is 0.374 e. The molecule has 1 aliphatic heterocycles. The summed E-state index contributed by atoms with van der Waals surface area (Å²) >= 11 is 5.67. The van der Waals surface area contributed by atoms with Gasteiger partial charge < -0.3 is 4.74 Å². The normalized spacial score (nSPS) is 28.3. The Balaban J connectivity index is 2.28. The Bertz CT molecular complexity index is 213. The van der Waals surface area contributed by atoms with Gasteiger partial charge >= 0.3 is 6.18 Å². The van der Waals surface area contributed by atoms with Gasteiger partial charge in [0.1, 0.15) is 0 Å². The van der Waals surface area contributed by atoms with Crippen molar-refractivity contribution in [3.05, 3.63) is 0 Å². The highest BCUT2D eigenvalue weighted by Gasteiger charge is 2.29. The zero-order chi connectivity index (χ0) is 12.2. The molecule has 2 nitrogen and oxygen atoms in total. The van der Waals surface area contributed by atoms with Gasteiger partial charge in [0.15, 0.2) is 0 Å². The van der Waals surface area contributed by atoms with E-state index in [1.165, 1.54) is 0 Å². The largest absolute Gasteiger partial charge is 0.389 e. The molecule has 16 heavy (non-hydrogen) atoms. The summed E-state index contributed by atoms with van der Waals surface area (Å²) in [6.45, 7) is 3.58. The van der Waals surface area contributed by atoms with Gasteiger partial charge in [-0.1, -0.05) is 0 Å². The number of alkyl halides is 4. The SMILES string of the molecule is CC1COC(CCl)CN1CCCC(F)(F)F. The van der Waals surface area contributed by atoms with Crippen molar-refractivity contribution in [2.75, 3.05) is 25.6 Å². The van der Waals surface area contributed by atoms with Crippen LogP contribution in [0.15, 0.2) is 0 Å². The molecule has 1 heterocycles. The molecule has 2 atom stereocenters. The third kappa shape index (κ3) is 4.89.